The maximum atomic E-state index is 12.8. The molecule has 1 fully saturated rings. The molecule has 1 heterocycles. The fraction of sp³-hybridized carbons (Fsp3) is 0.500. The molecular weight excluding hydrogens is 454 g/mol. The quantitative estimate of drug-likeness (QED) is 0.413. The molecule has 0 saturated carbocycles. The number of ether oxygens (including phenoxy) is 1. The highest BCUT2D eigenvalue weighted by molar-refractivity contribution is 6.74. The lowest BCUT2D eigenvalue weighted by Gasteiger charge is -2.38. The van der Waals surface area contributed by atoms with Crippen LogP contribution in [0.15, 0.2) is 48.5 Å². The number of carbonyl (C=O) groups excluding carboxylic acids is 1. The van der Waals surface area contributed by atoms with E-state index in [4.69, 9.17) is 9.16 Å². The Morgan fingerprint density at radius 1 is 1.20 bits per heavy atom. The van der Waals surface area contributed by atoms with Crippen LogP contribution in [0.3, 0.4) is 0 Å². The van der Waals surface area contributed by atoms with Crippen LogP contribution < -0.4 is 4.90 Å². The summed E-state index contributed by atoms with van der Waals surface area (Å²) in [5.74, 6) is 0. The predicted molar refractivity (Wildman–Crippen MR) is 143 cm³/mol. The van der Waals surface area contributed by atoms with Gasteiger partial charge in [0, 0.05) is 20.1 Å². The van der Waals surface area contributed by atoms with Gasteiger partial charge in [-0.3, -0.25) is 0 Å². The van der Waals surface area contributed by atoms with Crippen molar-refractivity contribution in [3.63, 3.8) is 0 Å². The summed E-state index contributed by atoms with van der Waals surface area (Å²) in [5.41, 5.74) is 3.40. The van der Waals surface area contributed by atoms with Gasteiger partial charge in [0.05, 0.1) is 23.4 Å². The van der Waals surface area contributed by atoms with Gasteiger partial charge in [0.15, 0.2) is 8.32 Å². The molecule has 0 N–H and O–H groups in total. The Balaban J connectivity index is 1.77. The van der Waals surface area contributed by atoms with Gasteiger partial charge in [0.1, 0.15) is 12.7 Å². The molecule has 7 heteroatoms. The number of rotatable bonds is 7. The highest BCUT2D eigenvalue weighted by Crippen LogP contribution is 2.40. The van der Waals surface area contributed by atoms with Crippen molar-refractivity contribution < 1.29 is 14.0 Å². The Bertz CT molecular complexity index is 1060. The molecule has 35 heavy (non-hydrogen) atoms. The van der Waals surface area contributed by atoms with E-state index in [2.05, 4.69) is 44.8 Å². The highest BCUT2D eigenvalue weighted by Gasteiger charge is 2.41. The molecule has 6 nitrogen and oxygen atoms in total. The maximum Gasteiger partial charge on any atom is 0.410 e. The molecule has 188 valence electrons. The van der Waals surface area contributed by atoms with Gasteiger partial charge in [-0.15, -0.1) is 0 Å². The second-order valence-corrected chi connectivity index (χ2v) is 15.7. The zero-order valence-electron chi connectivity index (χ0n) is 22.2. The van der Waals surface area contributed by atoms with E-state index in [-0.39, 0.29) is 23.8 Å². The highest BCUT2D eigenvalue weighted by atomic mass is 28.4. The van der Waals surface area contributed by atoms with E-state index in [1.54, 1.807) is 11.9 Å². The summed E-state index contributed by atoms with van der Waals surface area (Å²) in [5, 5.41) is 10.0. The number of nitrogens with zero attached hydrogens (tertiary/aromatic N) is 3. The average Bonchev–Trinajstić information content (AvgIpc) is 3.28. The molecule has 0 unspecified atom stereocenters. The van der Waals surface area contributed by atoms with Crippen molar-refractivity contribution in [3.8, 4) is 6.07 Å². The lowest BCUT2D eigenvalue weighted by atomic mass is 10.0. The van der Waals surface area contributed by atoms with E-state index in [0.29, 0.717) is 5.56 Å². The van der Waals surface area contributed by atoms with Gasteiger partial charge in [-0.1, -0.05) is 63.2 Å². The van der Waals surface area contributed by atoms with Crippen LogP contribution in [0.4, 0.5) is 10.5 Å². The van der Waals surface area contributed by atoms with Gasteiger partial charge >= 0.3 is 6.09 Å². The summed E-state index contributed by atoms with van der Waals surface area (Å²) < 4.78 is 12.2. The lowest BCUT2D eigenvalue weighted by Crippen LogP contribution is -2.44. The predicted octanol–water partition coefficient (Wildman–Crippen LogP) is 6.49. The van der Waals surface area contributed by atoms with E-state index >= 15 is 0 Å². The number of hydrogen-bond donors (Lipinski definition) is 0. The van der Waals surface area contributed by atoms with Crippen molar-refractivity contribution in [2.75, 3.05) is 25.0 Å². The van der Waals surface area contributed by atoms with Gasteiger partial charge in [-0.25, -0.2) is 4.79 Å². The Kier molecular flexibility index (Phi) is 8.29. The van der Waals surface area contributed by atoms with E-state index < -0.39 is 14.4 Å². The lowest BCUT2D eigenvalue weighted by molar-refractivity contribution is 0.0935. The standard InChI is InChI=1S/C28H39N3O3Si/c1-21(30(5)27(32)33-20-22-12-9-8-10-13-22)25-15-11-14-23(18-29)26(25)31-17-16-24(19-31)34-35(6,7)28(2,3)4/h8-15,21,24H,16-17,19-20H2,1-7H3/t21-,24-/m0/s1. The van der Waals surface area contributed by atoms with Crippen molar-refractivity contribution in [3.05, 3.63) is 65.2 Å². The number of nitriles is 1. The molecule has 1 aliphatic rings. The summed E-state index contributed by atoms with van der Waals surface area (Å²) in [6.07, 6.45) is 0.671. The van der Waals surface area contributed by atoms with Crippen LogP contribution in [0.1, 0.15) is 56.8 Å². The number of hydrogen-bond acceptors (Lipinski definition) is 5. The number of anilines is 1. The molecule has 2 aromatic carbocycles. The normalized spacial score (nSPS) is 17.1. The van der Waals surface area contributed by atoms with Crippen LogP contribution in [-0.4, -0.2) is 45.6 Å². The number of benzene rings is 2. The third-order valence-electron chi connectivity index (χ3n) is 7.44. The summed E-state index contributed by atoms with van der Waals surface area (Å²) in [7, 11) is -0.145. The summed E-state index contributed by atoms with van der Waals surface area (Å²) >= 11 is 0. The van der Waals surface area contributed by atoms with Crippen molar-refractivity contribution in [1.82, 2.24) is 4.90 Å². The van der Waals surface area contributed by atoms with Crippen LogP contribution >= 0.6 is 0 Å². The molecule has 0 radical (unpaired) electrons. The van der Waals surface area contributed by atoms with E-state index in [1.165, 1.54) is 0 Å². The fourth-order valence-electron chi connectivity index (χ4n) is 4.15. The molecule has 1 aliphatic heterocycles. The SMILES string of the molecule is C[C@@H](c1cccc(C#N)c1N1CC[C@H](O[Si](C)(C)C(C)(C)C)C1)N(C)C(=O)OCc1ccccc1. The van der Waals surface area contributed by atoms with E-state index in [0.717, 1.165) is 36.3 Å². The van der Waals surface area contributed by atoms with Crippen LogP contribution in [-0.2, 0) is 15.8 Å². The zero-order chi connectivity index (χ0) is 25.8. The Morgan fingerprint density at radius 2 is 1.89 bits per heavy atom. The molecule has 1 saturated heterocycles. The molecule has 3 rings (SSSR count). The Labute approximate surface area is 211 Å². The molecule has 2 aromatic rings. The molecular formula is C28H39N3O3Si. The van der Waals surface area contributed by atoms with Crippen LogP contribution in [0, 0.1) is 11.3 Å². The summed E-state index contributed by atoms with van der Waals surface area (Å²) in [6.45, 7) is 15.1. The molecule has 0 aromatic heterocycles. The second-order valence-electron chi connectivity index (χ2n) is 10.9. The Hall–Kier alpha value is -2.82. The van der Waals surface area contributed by atoms with Crippen molar-refractivity contribution in [2.45, 2.75) is 71.0 Å². The maximum absolute atomic E-state index is 12.8. The van der Waals surface area contributed by atoms with Crippen molar-refractivity contribution in [2.24, 2.45) is 0 Å². The zero-order valence-corrected chi connectivity index (χ0v) is 23.2. The van der Waals surface area contributed by atoms with E-state index in [9.17, 15) is 10.1 Å². The van der Waals surface area contributed by atoms with Gasteiger partial charge in [-0.05, 0) is 48.7 Å². The third kappa shape index (κ3) is 6.25. The second kappa shape index (κ2) is 10.8. The first-order valence-corrected chi connectivity index (χ1v) is 15.2. The largest absolute Gasteiger partial charge is 0.445 e. The first-order chi connectivity index (χ1) is 16.4. The summed E-state index contributed by atoms with van der Waals surface area (Å²) in [6, 6.07) is 17.5. The van der Waals surface area contributed by atoms with Gasteiger partial charge in [-0.2, -0.15) is 5.26 Å². The number of para-hydroxylation sites is 1. The van der Waals surface area contributed by atoms with Gasteiger partial charge in [0.2, 0.25) is 0 Å². The molecule has 0 spiro atoms. The minimum Gasteiger partial charge on any atom is -0.445 e. The van der Waals surface area contributed by atoms with Crippen LogP contribution in [0.5, 0.6) is 0 Å². The van der Waals surface area contributed by atoms with Crippen LogP contribution in [0.25, 0.3) is 0 Å². The Morgan fingerprint density at radius 3 is 2.51 bits per heavy atom. The van der Waals surface area contributed by atoms with E-state index in [1.807, 2.05) is 55.5 Å². The summed E-state index contributed by atoms with van der Waals surface area (Å²) in [4.78, 5) is 16.7. The van der Waals surface area contributed by atoms with Crippen molar-refractivity contribution in [1.29, 1.82) is 5.26 Å². The van der Waals surface area contributed by atoms with Gasteiger partial charge < -0.3 is 19.0 Å². The first-order valence-electron chi connectivity index (χ1n) is 12.3. The topological polar surface area (TPSA) is 65.8 Å². The minimum absolute atomic E-state index is 0.138. The minimum atomic E-state index is -1.89. The number of amides is 1. The first kappa shape index (κ1) is 26.8. The fourth-order valence-corrected chi connectivity index (χ4v) is 5.53. The third-order valence-corrected chi connectivity index (χ3v) is 12.0. The number of carbonyl (C=O) groups is 1. The van der Waals surface area contributed by atoms with Gasteiger partial charge in [0.25, 0.3) is 0 Å². The molecule has 1 amide bonds. The molecule has 2 atom stereocenters. The van der Waals surface area contributed by atoms with Crippen molar-refractivity contribution >= 4 is 20.1 Å². The van der Waals surface area contributed by atoms with Crippen LogP contribution in [0.2, 0.25) is 18.1 Å². The molecule has 0 bridgehead atoms. The smallest absolute Gasteiger partial charge is 0.410 e. The molecule has 0 aliphatic carbocycles. The monoisotopic (exact) mass is 493 g/mol. The average molecular weight is 494 g/mol.